The summed E-state index contributed by atoms with van der Waals surface area (Å²) in [5, 5.41) is 5.13. The van der Waals surface area contributed by atoms with Gasteiger partial charge in [-0.25, -0.2) is 0 Å². The van der Waals surface area contributed by atoms with E-state index >= 15 is 0 Å². The summed E-state index contributed by atoms with van der Waals surface area (Å²) < 4.78 is 5.08. The number of rotatable bonds is 6. The third-order valence-corrected chi connectivity index (χ3v) is 4.71. The third kappa shape index (κ3) is 7.28. The van der Waals surface area contributed by atoms with E-state index in [-0.39, 0.29) is 11.0 Å². The topological polar surface area (TPSA) is 109 Å². The van der Waals surface area contributed by atoms with Crippen molar-refractivity contribution < 1.29 is 19.1 Å². The van der Waals surface area contributed by atoms with Crippen LogP contribution in [0.5, 0.6) is 5.75 Å². The van der Waals surface area contributed by atoms with Crippen molar-refractivity contribution in [2.45, 2.75) is 0 Å². The standard InChI is InChI=1S/C25H22N4O4S/c1-33-21-14-7-17(8-15-21)9-16-22(30)27-25(34)29-28-24(32)19-10-12-20(13-11-19)26-23(31)18-5-3-2-4-6-18/h2-16H,1H3,(H,26,31)(H,28,32)(H2,27,29,30,34)/b16-9+. The van der Waals surface area contributed by atoms with Gasteiger partial charge in [-0.2, -0.15) is 0 Å². The molecule has 0 aliphatic carbocycles. The second-order valence-corrected chi connectivity index (χ2v) is 7.31. The van der Waals surface area contributed by atoms with Crippen LogP contribution in [0.25, 0.3) is 6.08 Å². The Morgan fingerprint density at radius 1 is 0.794 bits per heavy atom. The molecule has 0 bridgehead atoms. The van der Waals surface area contributed by atoms with Gasteiger partial charge in [0.2, 0.25) is 5.91 Å². The van der Waals surface area contributed by atoms with Crippen molar-refractivity contribution >= 4 is 46.8 Å². The molecule has 0 aromatic heterocycles. The molecule has 9 heteroatoms. The minimum Gasteiger partial charge on any atom is -0.497 e. The van der Waals surface area contributed by atoms with Gasteiger partial charge in [-0.1, -0.05) is 30.3 Å². The summed E-state index contributed by atoms with van der Waals surface area (Å²) in [4.78, 5) is 36.5. The van der Waals surface area contributed by atoms with E-state index in [9.17, 15) is 14.4 Å². The molecule has 0 radical (unpaired) electrons. The van der Waals surface area contributed by atoms with Gasteiger partial charge in [-0.15, -0.1) is 0 Å². The zero-order valence-corrected chi connectivity index (χ0v) is 19.0. The molecule has 3 aromatic carbocycles. The molecule has 0 fully saturated rings. The highest BCUT2D eigenvalue weighted by Gasteiger charge is 2.09. The van der Waals surface area contributed by atoms with E-state index in [0.29, 0.717) is 22.6 Å². The smallest absolute Gasteiger partial charge is 0.269 e. The first-order valence-corrected chi connectivity index (χ1v) is 10.6. The van der Waals surface area contributed by atoms with E-state index in [2.05, 4.69) is 21.5 Å². The number of hydrogen-bond donors (Lipinski definition) is 4. The van der Waals surface area contributed by atoms with Crippen LogP contribution in [0.4, 0.5) is 5.69 Å². The second kappa shape index (κ2) is 11.9. The van der Waals surface area contributed by atoms with Crippen LogP contribution in [0.2, 0.25) is 0 Å². The van der Waals surface area contributed by atoms with Gasteiger partial charge in [0, 0.05) is 22.9 Å². The van der Waals surface area contributed by atoms with E-state index in [1.54, 1.807) is 86.0 Å². The summed E-state index contributed by atoms with van der Waals surface area (Å²) in [5.41, 5.74) is 7.10. The molecule has 4 N–H and O–H groups in total. The van der Waals surface area contributed by atoms with E-state index in [0.717, 1.165) is 5.56 Å². The van der Waals surface area contributed by atoms with Crippen molar-refractivity contribution in [1.29, 1.82) is 0 Å². The predicted molar refractivity (Wildman–Crippen MR) is 134 cm³/mol. The summed E-state index contributed by atoms with van der Waals surface area (Å²) in [6, 6.07) is 22.3. The van der Waals surface area contributed by atoms with Gasteiger partial charge in [-0.05, 0) is 72.4 Å². The van der Waals surface area contributed by atoms with Crippen molar-refractivity contribution in [3.63, 3.8) is 0 Å². The summed E-state index contributed by atoms with van der Waals surface area (Å²) in [6.07, 6.45) is 2.94. The second-order valence-electron chi connectivity index (χ2n) is 6.90. The summed E-state index contributed by atoms with van der Waals surface area (Å²) in [5.74, 6) is -0.455. The van der Waals surface area contributed by atoms with Crippen LogP contribution in [0.3, 0.4) is 0 Å². The molecule has 172 valence electrons. The average Bonchev–Trinajstić information content (AvgIpc) is 2.87. The number of anilines is 1. The van der Waals surface area contributed by atoms with Crippen molar-refractivity contribution in [2.75, 3.05) is 12.4 Å². The van der Waals surface area contributed by atoms with Crippen molar-refractivity contribution in [3.8, 4) is 5.75 Å². The minimum absolute atomic E-state index is 0.0653. The number of amides is 3. The number of carbonyl (C=O) groups is 3. The number of carbonyl (C=O) groups excluding carboxylic acids is 3. The van der Waals surface area contributed by atoms with Crippen molar-refractivity contribution in [1.82, 2.24) is 16.2 Å². The van der Waals surface area contributed by atoms with Crippen LogP contribution in [0.1, 0.15) is 26.3 Å². The first-order chi connectivity index (χ1) is 16.4. The largest absolute Gasteiger partial charge is 0.497 e. The molecule has 34 heavy (non-hydrogen) atoms. The molecule has 0 heterocycles. The van der Waals surface area contributed by atoms with Gasteiger partial charge in [0.25, 0.3) is 11.8 Å². The maximum atomic E-state index is 12.3. The lowest BCUT2D eigenvalue weighted by atomic mass is 10.2. The molecule has 8 nitrogen and oxygen atoms in total. The molecule has 0 saturated heterocycles. The lowest BCUT2D eigenvalue weighted by Gasteiger charge is -2.10. The Bertz CT molecular complexity index is 1190. The van der Waals surface area contributed by atoms with E-state index < -0.39 is 11.8 Å². The van der Waals surface area contributed by atoms with Gasteiger partial charge in [0.15, 0.2) is 5.11 Å². The fraction of sp³-hybridized carbons (Fsp3) is 0.0400. The Morgan fingerprint density at radius 2 is 1.44 bits per heavy atom. The summed E-state index contributed by atoms with van der Waals surface area (Å²) in [7, 11) is 1.58. The first-order valence-electron chi connectivity index (χ1n) is 10.1. The van der Waals surface area contributed by atoms with Crippen LogP contribution in [0.15, 0.2) is 84.9 Å². The van der Waals surface area contributed by atoms with E-state index in [1.807, 2.05) is 6.07 Å². The molecule has 3 amide bonds. The number of hydrogen-bond acceptors (Lipinski definition) is 5. The lowest BCUT2D eigenvalue weighted by molar-refractivity contribution is -0.115. The average molecular weight is 475 g/mol. The SMILES string of the molecule is COc1ccc(/C=C/C(=O)NC(=S)NNC(=O)c2ccc(NC(=O)c3ccccc3)cc2)cc1. The van der Waals surface area contributed by atoms with E-state index in [4.69, 9.17) is 17.0 Å². The maximum Gasteiger partial charge on any atom is 0.269 e. The number of thiocarbonyl (C=S) groups is 1. The zero-order valence-electron chi connectivity index (χ0n) is 18.2. The molecule has 3 rings (SSSR count). The number of hydrazine groups is 1. The fourth-order valence-electron chi connectivity index (χ4n) is 2.76. The highest BCUT2D eigenvalue weighted by molar-refractivity contribution is 7.80. The van der Waals surface area contributed by atoms with Crippen LogP contribution >= 0.6 is 12.2 Å². The molecule has 0 aliphatic heterocycles. The van der Waals surface area contributed by atoms with Gasteiger partial charge >= 0.3 is 0 Å². The Morgan fingerprint density at radius 3 is 2.09 bits per heavy atom. The number of nitrogens with one attached hydrogen (secondary N) is 4. The normalized spacial score (nSPS) is 10.3. The predicted octanol–water partition coefficient (Wildman–Crippen LogP) is 3.30. The van der Waals surface area contributed by atoms with Gasteiger partial charge in [0.1, 0.15) is 5.75 Å². The molecule has 0 unspecified atom stereocenters. The molecular weight excluding hydrogens is 452 g/mol. The Hall–Kier alpha value is -4.50. The maximum absolute atomic E-state index is 12.3. The zero-order chi connectivity index (χ0) is 24.3. The highest BCUT2D eigenvalue weighted by Crippen LogP contribution is 2.13. The molecular formula is C25H22N4O4S. The van der Waals surface area contributed by atoms with Gasteiger partial charge < -0.3 is 10.1 Å². The summed E-state index contributed by atoms with van der Waals surface area (Å²) >= 11 is 5.02. The van der Waals surface area contributed by atoms with Crippen LogP contribution < -0.4 is 26.2 Å². The molecule has 0 saturated carbocycles. The monoisotopic (exact) mass is 474 g/mol. The molecule has 3 aromatic rings. The van der Waals surface area contributed by atoms with Crippen LogP contribution in [-0.4, -0.2) is 29.9 Å². The fourth-order valence-corrected chi connectivity index (χ4v) is 2.91. The summed E-state index contributed by atoms with van der Waals surface area (Å²) in [6.45, 7) is 0. The number of ether oxygens (including phenoxy) is 1. The highest BCUT2D eigenvalue weighted by atomic mass is 32.1. The lowest BCUT2D eigenvalue weighted by Crippen LogP contribution is -2.48. The Labute approximate surface area is 202 Å². The quantitative estimate of drug-likeness (QED) is 0.248. The van der Waals surface area contributed by atoms with Gasteiger partial charge in [0.05, 0.1) is 7.11 Å². The number of benzene rings is 3. The van der Waals surface area contributed by atoms with Crippen molar-refractivity contribution in [2.24, 2.45) is 0 Å². The van der Waals surface area contributed by atoms with Crippen molar-refractivity contribution in [3.05, 3.63) is 102 Å². The van der Waals surface area contributed by atoms with Crippen LogP contribution in [0, 0.1) is 0 Å². The molecule has 0 spiro atoms. The van der Waals surface area contributed by atoms with E-state index in [1.165, 1.54) is 6.08 Å². The molecule has 0 atom stereocenters. The minimum atomic E-state index is -0.466. The first kappa shape index (κ1) is 24.1. The number of methoxy groups -OCH3 is 1. The van der Waals surface area contributed by atoms with Crippen LogP contribution in [-0.2, 0) is 4.79 Å². The third-order valence-electron chi connectivity index (χ3n) is 4.51. The van der Waals surface area contributed by atoms with Gasteiger partial charge in [-0.3, -0.25) is 30.6 Å². The molecule has 0 aliphatic rings. The Kier molecular flexibility index (Phi) is 8.48. The Balaban J connectivity index is 1.44.